The maximum Gasteiger partial charge on any atom is 0.241 e. The fourth-order valence-corrected chi connectivity index (χ4v) is 2.77. The lowest BCUT2D eigenvalue weighted by atomic mass is 10.3. The van der Waals surface area contributed by atoms with Gasteiger partial charge in [0, 0.05) is 10.9 Å². The van der Waals surface area contributed by atoms with Crippen LogP contribution in [0.1, 0.15) is 11.4 Å². The van der Waals surface area contributed by atoms with E-state index in [0.29, 0.717) is 11.7 Å². The van der Waals surface area contributed by atoms with Gasteiger partial charge >= 0.3 is 0 Å². The highest BCUT2D eigenvalue weighted by Gasteiger charge is 2.07. The minimum absolute atomic E-state index is 0.0879. The van der Waals surface area contributed by atoms with Crippen LogP contribution in [0.3, 0.4) is 0 Å². The lowest BCUT2D eigenvalue weighted by Gasteiger charge is -2.05. The molecule has 5 nitrogen and oxygen atoms in total. The lowest BCUT2D eigenvalue weighted by molar-refractivity contribution is -0.113. The van der Waals surface area contributed by atoms with Gasteiger partial charge in [-0.25, -0.2) is 0 Å². The van der Waals surface area contributed by atoms with E-state index in [4.69, 9.17) is 16.3 Å². The molecule has 1 amide bonds. The molecular weight excluding hydrogens is 378 g/mol. The van der Waals surface area contributed by atoms with Gasteiger partial charge in [-0.3, -0.25) is 10.1 Å². The number of nitrogens with one attached hydrogen (secondary N) is 1. The van der Waals surface area contributed by atoms with Gasteiger partial charge in [-0.2, -0.15) is 0 Å². The van der Waals surface area contributed by atoms with Gasteiger partial charge in [0.15, 0.2) is 0 Å². The summed E-state index contributed by atoms with van der Waals surface area (Å²) < 4.78 is 6.63. The normalized spacial score (nSPS) is 10.4. The Morgan fingerprint density at radius 2 is 2.29 bits per heavy atom. The predicted octanol–water partition coefficient (Wildman–Crippen LogP) is 3.49. The van der Waals surface area contributed by atoms with Crippen LogP contribution in [-0.2, 0) is 11.2 Å². The zero-order valence-corrected chi connectivity index (χ0v) is 14.2. The molecule has 0 aliphatic heterocycles. The number of alkyl halides is 1. The predicted molar refractivity (Wildman–Crippen MR) is 87.2 cm³/mol. The molecule has 0 fully saturated rings. The molecule has 112 valence electrons. The summed E-state index contributed by atoms with van der Waals surface area (Å²) in [6, 6.07) is 7.71. The number of hydrogen-bond acceptors (Lipinski definition) is 5. The highest BCUT2D eigenvalue weighted by atomic mass is 79.9. The molecule has 0 atom stereocenters. The molecule has 0 saturated carbocycles. The fourth-order valence-electron chi connectivity index (χ4n) is 1.53. The number of hydrogen-bond donors (Lipinski definition) is 1. The number of aryl methyl sites for hydroxylation is 1. The first-order chi connectivity index (χ1) is 10.2. The number of carbonyl (C=O) groups excluding carboxylic acids is 1. The molecule has 1 aromatic carbocycles. The first kappa shape index (κ1) is 16.2. The Labute approximate surface area is 139 Å². The van der Waals surface area contributed by atoms with E-state index in [2.05, 4.69) is 31.4 Å². The van der Waals surface area contributed by atoms with Crippen LogP contribution in [-0.4, -0.2) is 28.6 Å². The quantitative estimate of drug-likeness (QED) is 0.580. The Morgan fingerprint density at radius 1 is 1.43 bits per heavy atom. The van der Waals surface area contributed by atoms with Crippen LogP contribution in [0.15, 0.2) is 28.7 Å². The number of aromatic nitrogens is 2. The number of amides is 1. The summed E-state index contributed by atoms with van der Waals surface area (Å²) in [7, 11) is 0. The van der Waals surface area contributed by atoms with Gasteiger partial charge in [0.05, 0.1) is 6.61 Å². The number of halogens is 2. The maximum atomic E-state index is 11.1. The van der Waals surface area contributed by atoms with Crippen LogP contribution in [0.2, 0.25) is 0 Å². The van der Waals surface area contributed by atoms with E-state index >= 15 is 0 Å². The summed E-state index contributed by atoms with van der Waals surface area (Å²) in [4.78, 5) is 11.1. The summed E-state index contributed by atoms with van der Waals surface area (Å²) in [6.07, 6.45) is 1.58. The molecule has 0 saturated heterocycles. The molecule has 0 bridgehead atoms. The molecule has 1 heterocycles. The number of rotatable bonds is 7. The van der Waals surface area contributed by atoms with Crippen molar-refractivity contribution in [1.82, 2.24) is 10.2 Å². The second kappa shape index (κ2) is 8.31. The highest BCUT2D eigenvalue weighted by molar-refractivity contribution is 9.10. The average Bonchev–Trinajstić information content (AvgIpc) is 2.91. The van der Waals surface area contributed by atoms with Gasteiger partial charge in [0.2, 0.25) is 11.0 Å². The van der Waals surface area contributed by atoms with Gasteiger partial charge in [-0.15, -0.1) is 21.8 Å². The summed E-state index contributed by atoms with van der Waals surface area (Å²) in [5.41, 5.74) is 0. The first-order valence-corrected chi connectivity index (χ1v) is 8.38. The molecule has 1 N–H and O–H groups in total. The van der Waals surface area contributed by atoms with Crippen molar-refractivity contribution in [3.63, 3.8) is 0 Å². The van der Waals surface area contributed by atoms with Crippen molar-refractivity contribution >= 4 is 49.9 Å². The van der Waals surface area contributed by atoms with E-state index in [0.717, 1.165) is 28.1 Å². The SMILES string of the molecule is O=C(CCl)Nc1nnc(CCCOc2cccc(Br)c2)s1. The third-order valence-corrected chi connectivity index (χ3v) is 4.07. The molecule has 1 aromatic heterocycles. The van der Waals surface area contributed by atoms with Crippen LogP contribution in [0.25, 0.3) is 0 Å². The fraction of sp³-hybridized carbons (Fsp3) is 0.308. The smallest absolute Gasteiger partial charge is 0.241 e. The van der Waals surface area contributed by atoms with E-state index in [1.165, 1.54) is 11.3 Å². The number of nitrogens with zero attached hydrogens (tertiary/aromatic N) is 2. The van der Waals surface area contributed by atoms with Crippen LogP contribution >= 0.6 is 38.9 Å². The topological polar surface area (TPSA) is 64.1 Å². The Morgan fingerprint density at radius 3 is 3.05 bits per heavy atom. The number of carbonyl (C=O) groups is 1. The van der Waals surface area contributed by atoms with Crippen molar-refractivity contribution in [2.75, 3.05) is 17.8 Å². The van der Waals surface area contributed by atoms with Crippen LogP contribution < -0.4 is 10.1 Å². The zero-order chi connectivity index (χ0) is 15.1. The van der Waals surface area contributed by atoms with Crippen molar-refractivity contribution in [2.24, 2.45) is 0 Å². The Kier molecular flexibility index (Phi) is 6.41. The zero-order valence-electron chi connectivity index (χ0n) is 11.0. The summed E-state index contributed by atoms with van der Waals surface area (Å²) in [5, 5.41) is 11.8. The molecule has 8 heteroatoms. The van der Waals surface area contributed by atoms with E-state index in [1.54, 1.807) is 0 Å². The van der Waals surface area contributed by atoms with Crippen LogP contribution in [0.4, 0.5) is 5.13 Å². The van der Waals surface area contributed by atoms with E-state index in [9.17, 15) is 4.79 Å². The second-order valence-corrected chi connectivity index (χ2v) is 6.34. The minimum atomic E-state index is -0.280. The molecule has 0 unspecified atom stereocenters. The van der Waals surface area contributed by atoms with E-state index in [1.807, 2.05) is 24.3 Å². The van der Waals surface area contributed by atoms with Gasteiger partial charge in [-0.1, -0.05) is 33.3 Å². The average molecular weight is 391 g/mol. The minimum Gasteiger partial charge on any atom is -0.494 e. The Balaban J connectivity index is 1.72. The maximum absolute atomic E-state index is 11.1. The van der Waals surface area contributed by atoms with Gasteiger partial charge in [0.1, 0.15) is 16.6 Å². The van der Waals surface area contributed by atoms with Gasteiger partial charge < -0.3 is 4.74 Å². The number of ether oxygens (including phenoxy) is 1. The summed E-state index contributed by atoms with van der Waals surface area (Å²) >= 11 is 10.1. The molecule has 0 aliphatic carbocycles. The number of anilines is 1. The number of benzene rings is 1. The third kappa shape index (κ3) is 5.61. The molecule has 0 spiro atoms. The van der Waals surface area contributed by atoms with Gasteiger partial charge in [0.25, 0.3) is 0 Å². The summed E-state index contributed by atoms with van der Waals surface area (Å²) in [5.74, 6) is 0.462. The molecule has 21 heavy (non-hydrogen) atoms. The van der Waals surface area contributed by atoms with Crippen molar-refractivity contribution in [1.29, 1.82) is 0 Å². The molecule has 0 radical (unpaired) electrons. The molecule has 2 rings (SSSR count). The lowest BCUT2D eigenvalue weighted by Crippen LogP contribution is -2.12. The van der Waals surface area contributed by atoms with Crippen molar-refractivity contribution in [3.05, 3.63) is 33.7 Å². The van der Waals surface area contributed by atoms with E-state index < -0.39 is 0 Å². The monoisotopic (exact) mass is 389 g/mol. The van der Waals surface area contributed by atoms with Crippen molar-refractivity contribution < 1.29 is 9.53 Å². The van der Waals surface area contributed by atoms with Crippen LogP contribution in [0.5, 0.6) is 5.75 Å². The molecular formula is C13H13BrClN3O2S. The highest BCUT2D eigenvalue weighted by Crippen LogP contribution is 2.19. The van der Waals surface area contributed by atoms with Gasteiger partial charge in [-0.05, 0) is 24.6 Å². The Bertz CT molecular complexity index is 609. The third-order valence-electron chi connectivity index (χ3n) is 2.43. The molecule has 2 aromatic rings. The Hall–Kier alpha value is -1.18. The first-order valence-electron chi connectivity index (χ1n) is 6.24. The van der Waals surface area contributed by atoms with Crippen molar-refractivity contribution in [2.45, 2.75) is 12.8 Å². The van der Waals surface area contributed by atoms with Crippen LogP contribution in [0, 0.1) is 0 Å². The van der Waals surface area contributed by atoms with E-state index in [-0.39, 0.29) is 11.8 Å². The standard InChI is InChI=1S/C13H13BrClN3O2S/c14-9-3-1-4-10(7-9)20-6-2-5-12-17-18-13(21-12)16-11(19)8-15/h1,3-4,7H,2,5-6,8H2,(H,16,18,19). The van der Waals surface area contributed by atoms with Crippen molar-refractivity contribution in [3.8, 4) is 5.75 Å². The summed E-state index contributed by atoms with van der Waals surface area (Å²) in [6.45, 7) is 0.597. The second-order valence-electron chi connectivity index (χ2n) is 4.09. The molecule has 0 aliphatic rings. The largest absolute Gasteiger partial charge is 0.494 e.